The summed E-state index contributed by atoms with van der Waals surface area (Å²) in [6.07, 6.45) is 0.933. The van der Waals surface area contributed by atoms with Gasteiger partial charge in [0.15, 0.2) is 0 Å². The van der Waals surface area contributed by atoms with Gasteiger partial charge in [-0.25, -0.2) is 0 Å². The number of benzene rings is 1. The number of β-amino-alcohol motifs (C(OH)–C–C–N with tert-alkyl or cyclic N) is 1. The Balaban J connectivity index is 1.71. The molecule has 0 bridgehead atoms. The normalized spacial score (nSPS) is 22.4. The van der Waals surface area contributed by atoms with Crippen molar-refractivity contribution in [2.24, 2.45) is 5.92 Å². The van der Waals surface area contributed by atoms with Crippen LogP contribution >= 0.6 is 0 Å². The van der Waals surface area contributed by atoms with Gasteiger partial charge in [0.2, 0.25) is 5.91 Å². The maximum Gasteiger partial charge on any atom is 0.220 e. The first kappa shape index (κ1) is 14.0. The lowest BCUT2D eigenvalue weighted by molar-refractivity contribution is -0.121. The molecule has 0 aromatic heterocycles. The van der Waals surface area contributed by atoms with E-state index in [-0.39, 0.29) is 17.9 Å². The summed E-state index contributed by atoms with van der Waals surface area (Å²) >= 11 is 0. The molecular formula is C15H22N2O2. The summed E-state index contributed by atoms with van der Waals surface area (Å²) in [6.45, 7) is 4.03. The lowest BCUT2D eigenvalue weighted by atomic mass is 10.0. The van der Waals surface area contributed by atoms with Gasteiger partial charge in [-0.1, -0.05) is 24.3 Å². The molecule has 0 aliphatic carbocycles. The van der Waals surface area contributed by atoms with Gasteiger partial charge in [-0.3, -0.25) is 4.79 Å². The van der Waals surface area contributed by atoms with Crippen molar-refractivity contribution in [1.82, 2.24) is 10.6 Å². The lowest BCUT2D eigenvalue weighted by Gasteiger charge is -2.14. The van der Waals surface area contributed by atoms with E-state index >= 15 is 0 Å². The Morgan fingerprint density at radius 3 is 2.89 bits per heavy atom. The number of aliphatic hydroxyl groups is 1. The molecule has 1 aliphatic rings. The van der Waals surface area contributed by atoms with Gasteiger partial charge in [-0.2, -0.15) is 0 Å². The predicted molar refractivity (Wildman–Crippen MR) is 74.9 cm³/mol. The van der Waals surface area contributed by atoms with E-state index in [1.54, 1.807) is 0 Å². The van der Waals surface area contributed by atoms with Crippen molar-refractivity contribution < 1.29 is 9.90 Å². The van der Waals surface area contributed by atoms with Gasteiger partial charge < -0.3 is 15.7 Å². The van der Waals surface area contributed by atoms with Crippen LogP contribution in [0.3, 0.4) is 0 Å². The number of aryl methyl sites for hydroxylation is 2. The monoisotopic (exact) mass is 262 g/mol. The summed E-state index contributed by atoms with van der Waals surface area (Å²) in [5, 5.41) is 15.6. The van der Waals surface area contributed by atoms with Gasteiger partial charge in [-0.05, 0) is 24.5 Å². The fraction of sp³-hybridized carbons (Fsp3) is 0.533. The molecule has 2 rings (SSSR count). The highest BCUT2D eigenvalue weighted by molar-refractivity contribution is 5.76. The number of hydrogen-bond acceptors (Lipinski definition) is 3. The van der Waals surface area contributed by atoms with E-state index in [1.807, 2.05) is 12.1 Å². The van der Waals surface area contributed by atoms with Gasteiger partial charge in [0.05, 0.1) is 6.10 Å². The van der Waals surface area contributed by atoms with Crippen LogP contribution in [-0.2, 0) is 11.2 Å². The van der Waals surface area contributed by atoms with Gasteiger partial charge in [-0.15, -0.1) is 0 Å². The molecule has 2 unspecified atom stereocenters. The summed E-state index contributed by atoms with van der Waals surface area (Å²) in [4.78, 5) is 11.8. The molecule has 0 saturated carbocycles. The van der Waals surface area contributed by atoms with Gasteiger partial charge in [0, 0.05) is 32.0 Å². The van der Waals surface area contributed by atoms with E-state index in [1.165, 1.54) is 11.1 Å². The van der Waals surface area contributed by atoms with Crippen LogP contribution in [0.1, 0.15) is 17.5 Å². The number of nitrogens with one attached hydrogen (secondary N) is 2. The first-order valence-electron chi connectivity index (χ1n) is 6.87. The smallest absolute Gasteiger partial charge is 0.220 e. The van der Waals surface area contributed by atoms with Crippen molar-refractivity contribution in [2.45, 2.75) is 25.9 Å². The molecule has 4 heteroatoms. The van der Waals surface area contributed by atoms with Crippen LogP contribution in [0.25, 0.3) is 0 Å². The van der Waals surface area contributed by atoms with E-state index in [9.17, 15) is 9.90 Å². The molecule has 1 amide bonds. The number of carbonyl (C=O) groups is 1. The molecule has 0 radical (unpaired) electrons. The number of aliphatic hydroxyl groups excluding tert-OH is 1. The van der Waals surface area contributed by atoms with Crippen molar-refractivity contribution in [1.29, 1.82) is 0 Å². The van der Waals surface area contributed by atoms with Crippen LogP contribution in [0.15, 0.2) is 24.3 Å². The highest BCUT2D eigenvalue weighted by atomic mass is 16.3. The molecule has 104 valence electrons. The second-order valence-electron chi connectivity index (χ2n) is 5.22. The first-order chi connectivity index (χ1) is 9.16. The molecule has 3 N–H and O–H groups in total. The topological polar surface area (TPSA) is 61.4 Å². The second-order valence-corrected chi connectivity index (χ2v) is 5.22. The van der Waals surface area contributed by atoms with E-state index < -0.39 is 0 Å². The van der Waals surface area contributed by atoms with Crippen LogP contribution in [0, 0.1) is 12.8 Å². The van der Waals surface area contributed by atoms with Gasteiger partial charge >= 0.3 is 0 Å². The minimum Gasteiger partial charge on any atom is -0.391 e. The third-order valence-electron chi connectivity index (χ3n) is 3.75. The molecule has 1 saturated heterocycles. The average molecular weight is 262 g/mol. The molecule has 1 fully saturated rings. The molecule has 4 nitrogen and oxygen atoms in total. The van der Waals surface area contributed by atoms with Crippen molar-refractivity contribution in [2.75, 3.05) is 19.6 Å². The SMILES string of the molecule is Cc1ccccc1CCC(=O)NCC1CNCC1O. The van der Waals surface area contributed by atoms with E-state index in [0.717, 1.165) is 13.0 Å². The summed E-state index contributed by atoms with van der Waals surface area (Å²) in [7, 11) is 0. The summed E-state index contributed by atoms with van der Waals surface area (Å²) in [6, 6.07) is 8.13. The highest BCUT2D eigenvalue weighted by Gasteiger charge is 2.24. The fourth-order valence-electron chi connectivity index (χ4n) is 2.40. The Morgan fingerprint density at radius 2 is 2.21 bits per heavy atom. The zero-order chi connectivity index (χ0) is 13.7. The number of amides is 1. The Bertz CT molecular complexity index is 434. The minimum atomic E-state index is -0.336. The summed E-state index contributed by atoms with van der Waals surface area (Å²) < 4.78 is 0. The Hall–Kier alpha value is -1.39. The number of rotatable bonds is 5. The average Bonchev–Trinajstić information content (AvgIpc) is 2.81. The molecule has 1 aromatic carbocycles. The molecule has 2 atom stereocenters. The second kappa shape index (κ2) is 6.68. The maximum atomic E-state index is 11.8. The number of carbonyl (C=O) groups excluding carboxylic acids is 1. The van der Waals surface area contributed by atoms with E-state index in [0.29, 0.717) is 19.5 Å². The van der Waals surface area contributed by atoms with E-state index in [4.69, 9.17) is 0 Å². The van der Waals surface area contributed by atoms with Crippen molar-refractivity contribution in [3.63, 3.8) is 0 Å². The van der Waals surface area contributed by atoms with E-state index in [2.05, 4.69) is 29.7 Å². The first-order valence-corrected chi connectivity index (χ1v) is 6.87. The van der Waals surface area contributed by atoms with Crippen LogP contribution < -0.4 is 10.6 Å². The fourth-order valence-corrected chi connectivity index (χ4v) is 2.40. The Morgan fingerprint density at radius 1 is 1.42 bits per heavy atom. The molecule has 19 heavy (non-hydrogen) atoms. The lowest BCUT2D eigenvalue weighted by Crippen LogP contribution is -2.34. The van der Waals surface area contributed by atoms with Crippen molar-refractivity contribution >= 4 is 5.91 Å². The van der Waals surface area contributed by atoms with Crippen LogP contribution in [0.2, 0.25) is 0 Å². The molecule has 1 aromatic rings. The van der Waals surface area contributed by atoms with Crippen LogP contribution in [0.5, 0.6) is 0 Å². The zero-order valence-electron chi connectivity index (χ0n) is 11.4. The van der Waals surface area contributed by atoms with Crippen molar-refractivity contribution in [3.8, 4) is 0 Å². The summed E-state index contributed by atoms with van der Waals surface area (Å²) in [5.41, 5.74) is 2.45. The molecule has 0 spiro atoms. The molecular weight excluding hydrogens is 240 g/mol. The quantitative estimate of drug-likeness (QED) is 0.729. The maximum absolute atomic E-state index is 11.8. The third kappa shape index (κ3) is 4.04. The standard InChI is InChI=1S/C15H22N2O2/c1-11-4-2-3-5-12(11)6-7-15(19)17-9-13-8-16-10-14(13)18/h2-5,13-14,16,18H,6-10H2,1H3,(H,17,19). The molecule has 1 aliphatic heterocycles. The third-order valence-corrected chi connectivity index (χ3v) is 3.75. The summed E-state index contributed by atoms with van der Waals surface area (Å²) in [5.74, 6) is 0.199. The minimum absolute atomic E-state index is 0.0577. The van der Waals surface area contributed by atoms with Crippen LogP contribution in [-0.4, -0.2) is 36.8 Å². The van der Waals surface area contributed by atoms with Gasteiger partial charge in [0.25, 0.3) is 0 Å². The largest absolute Gasteiger partial charge is 0.391 e. The van der Waals surface area contributed by atoms with Crippen LogP contribution in [0.4, 0.5) is 0 Å². The zero-order valence-corrected chi connectivity index (χ0v) is 11.4. The van der Waals surface area contributed by atoms with Crippen molar-refractivity contribution in [3.05, 3.63) is 35.4 Å². The van der Waals surface area contributed by atoms with Gasteiger partial charge in [0.1, 0.15) is 0 Å². The predicted octanol–water partition coefficient (Wildman–Crippen LogP) is 0.624. The highest BCUT2D eigenvalue weighted by Crippen LogP contribution is 2.10. The Kier molecular flexibility index (Phi) is 4.93. The molecule has 1 heterocycles. The Labute approximate surface area is 114 Å². The number of hydrogen-bond donors (Lipinski definition) is 3.